The molecule has 0 saturated carbocycles. The van der Waals surface area contributed by atoms with Crippen LogP contribution in [0.3, 0.4) is 0 Å². The molecule has 3 rings (SSSR count). The third-order valence-corrected chi connectivity index (χ3v) is 5.69. The van der Waals surface area contributed by atoms with E-state index in [4.69, 9.17) is 0 Å². The summed E-state index contributed by atoms with van der Waals surface area (Å²) in [6, 6.07) is 15.0. The van der Waals surface area contributed by atoms with E-state index in [1.54, 1.807) is 19.3 Å². The second kappa shape index (κ2) is 9.80. The van der Waals surface area contributed by atoms with E-state index in [2.05, 4.69) is 73.6 Å². The topological polar surface area (TPSA) is 44.7 Å². The van der Waals surface area contributed by atoms with Gasteiger partial charge in [-0.2, -0.15) is 0 Å². The zero-order chi connectivity index (χ0) is 19.9. The maximum Gasteiger partial charge on any atom is 0.248 e. The third-order valence-electron chi connectivity index (χ3n) is 4.95. The summed E-state index contributed by atoms with van der Waals surface area (Å²) in [5.74, 6) is -0.0900. The number of benzene rings is 2. The van der Waals surface area contributed by atoms with Crippen LogP contribution in [-0.4, -0.2) is 23.6 Å². The van der Waals surface area contributed by atoms with Crippen LogP contribution in [0, 0.1) is 0 Å². The summed E-state index contributed by atoms with van der Waals surface area (Å²) < 4.78 is 1.22. The average Bonchev–Trinajstić information content (AvgIpc) is 2.71. The highest BCUT2D eigenvalue weighted by atomic mass is 79.9. The van der Waals surface area contributed by atoms with Crippen LogP contribution in [0.25, 0.3) is 0 Å². The van der Waals surface area contributed by atoms with Gasteiger partial charge in [0.05, 0.1) is 0 Å². The number of aliphatic imine (C=N–C) groups is 1. The van der Waals surface area contributed by atoms with Gasteiger partial charge in [-0.15, -0.1) is 0 Å². The van der Waals surface area contributed by atoms with Crippen molar-refractivity contribution in [1.82, 2.24) is 10.2 Å². The summed E-state index contributed by atoms with van der Waals surface area (Å²) in [4.78, 5) is 18.5. The fourth-order valence-corrected chi connectivity index (χ4v) is 3.95. The molecule has 1 amide bonds. The molecule has 1 N–H and O–H groups in total. The largest absolute Gasteiger partial charge is 0.348 e. The molecule has 0 aromatic heterocycles. The van der Waals surface area contributed by atoms with E-state index in [0.29, 0.717) is 12.1 Å². The number of rotatable bonds is 6. The van der Waals surface area contributed by atoms with Gasteiger partial charge in [0.1, 0.15) is 0 Å². The lowest BCUT2D eigenvalue weighted by Crippen LogP contribution is -2.30. The van der Waals surface area contributed by atoms with E-state index in [1.807, 2.05) is 6.92 Å². The molecule has 0 saturated heterocycles. The zero-order valence-electron chi connectivity index (χ0n) is 16.4. The lowest BCUT2D eigenvalue weighted by molar-refractivity contribution is -0.117. The molecule has 0 bridgehead atoms. The number of carbonyl (C=O) groups excluding carboxylic acids is 1. The van der Waals surface area contributed by atoms with Crippen molar-refractivity contribution in [3.8, 4) is 0 Å². The first-order valence-corrected chi connectivity index (χ1v) is 10.4. The smallest absolute Gasteiger partial charge is 0.248 e. The molecule has 4 nitrogen and oxygen atoms in total. The van der Waals surface area contributed by atoms with Gasteiger partial charge in [0.2, 0.25) is 5.91 Å². The molecule has 0 atom stereocenters. The lowest BCUT2D eigenvalue weighted by Gasteiger charge is -2.29. The van der Waals surface area contributed by atoms with Gasteiger partial charge in [-0.25, -0.2) is 0 Å². The van der Waals surface area contributed by atoms with Crippen LogP contribution in [-0.2, 0) is 30.8 Å². The lowest BCUT2D eigenvalue weighted by atomic mass is 9.99. The number of hydrogen-bond donors (Lipinski definition) is 1. The average molecular weight is 440 g/mol. The summed E-state index contributed by atoms with van der Waals surface area (Å²) in [7, 11) is 0. The van der Waals surface area contributed by atoms with Gasteiger partial charge in [0.25, 0.3) is 0 Å². The Labute approximate surface area is 175 Å². The van der Waals surface area contributed by atoms with Crippen molar-refractivity contribution in [3.63, 3.8) is 0 Å². The second-order valence-corrected chi connectivity index (χ2v) is 7.91. The van der Waals surface area contributed by atoms with Crippen LogP contribution in [0.4, 0.5) is 0 Å². The van der Waals surface area contributed by atoms with Gasteiger partial charge in [-0.05, 0) is 48.6 Å². The van der Waals surface area contributed by atoms with Crippen molar-refractivity contribution in [1.29, 1.82) is 0 Å². The number of hydrogen-bond acceptors (Lipinski definition) is 3. The first-order valence-electron chi connectivity index (χ1n) is 9.56. The molecule has 28 heavy (non-hydrogen) atoms. The molecule has 2 aromatic rings. The van der Waals surface area contributed by atoms with E-state index in [1.165, 1.54) is 21.2 Å². The number of nitrogens with one attached hydrogen (secondary N) is 1. The Morgan fingerprint density at radius 3 is 2.71 bits per heavy atom. The molecule has 0 fully saturated rings. The molecule has 146 valence electrons. The maximum absolute atomic E-state index is 12.0. The molecule has 1 heterocycles. The van der Waals surface area contributed by atoms with Crippen LogP contribution in [0.15, 0.2) is 63.7 Å². The predicted octanol–water partition coefficient (Wildman–Crippen LogP) is 4.62. The van der Waals surface area contributed by atoms with Crippen LogP contribution in [0.1, 0.15) is 36.1 Å². The minimum absolute atomic E-state index is 0.0900. The Hall–Kier alpha value is -2.24. The van der Waals surface area contributed by atoms with Crippen molar-refractivity contribution in [2.75, 3.05) is 6.54 Å². The molecule has 0 aliphatic carbocycles. The van der Waals surface area contributed by atoms with E-state index >= 15 is 0 Å². The Morgan fingerprint density at radius 2 is 1.96 bits per heavy atom. The van der Waals surface area contributed by atoms with E-state index in [9.17, 15) is 4.79 Å². The molecule has 5 heteroatoms. The van der Waals surface area contributed by atoms with Gasteiger partial charge in [0, 0.05) is 48.6 Å². The normalized spacial score (nSPS) is 14.9. The fourth-order valence-electron chi connectivity index (χ4n) is 3.34. The van der Waals surface area contributed by atoms with Gasteiger partial charge < -0.3 is 5.32 Å². The van der Waals surface area contributed by atoms with Crippen molar-refractivity contribution < 1.29 is 4.79 Å². The van der Waals surface area contributed by atoms with Crippen LogP contribution in [0.5, 0.6) is 0 Å². The fraction of sp³-hybridized carbons (Fsp3) is 0.304. The standard InChI is InChI=1S/C23H26BrN3O/c1-3-25-13-17(2)23(28)26-14-18-7-9-19(10-8-18)15-27-12-11-21-20(16-27)5-4-6-22(21)24/h3-10,13H,11-12,14-16H2,1-2H3,(H,26,28)/b17-13+,25-3-. The van der Waals surface area contributed by atoms with E-state index < -0.39 is 0 Å². The Kier molecular flexibility index (Phi) is 7.18. The van der Waals surface area contributed by atoms with E-state index in [-0.39, 0.29) is 5.91 Å². The quantitative estimate of drug-likeness (QED) is 0.527. The number of amides is 1. The van der Waals surface area contributed by atoms with Crippen molar-refractivity contribution in [2.24, 2.45) is 4.99 Å². The molecule has 2 aromatic carbocycles. The highest BCUT2D eigenvalue weighted by molar-refractivity contribution is 9.10. The SMILES string of the molecule is C/C=N\C=C(/C)C(=O)NCc1ccc(CN2CCc3c(Br)cccc3C2)cc1. The Bertz CT molecular complexity index is 887. The number of carbonyl (C=O) groups is 1. The monoisotopic (exact) mass is 439 g/mol. The molecular weight excluding hydrogens is 414 g/mol. The summed E-state index contributed by atoms with van der Waals surface area (Å²) in [6.45, 7) is 7.10. The maximum atomic E-state index is 12.0. The molecular formula is C23H26BrN3O. The molecule has 1 aliphatic heterocycles. The number of nitrogens with zero attached hydrogens (tertiary/aromatic N) is 2. The minimum atomic E-state index is -0.0900. The van der Waals surface area contributed by atoms with Crippen molar-refractivity contribution >= 4 is 28.1 Å². The van der Waals surface area contributed by atoms with Crippen LogP contribution >= 0.6 is 15.9 Å². The van der Waals surface area contributed by atoms with E-state index in [0.717, 1.165) is 31.6 Å². The van der Waals surface area contributed by atoms with Crippen molar-refractivity contribution in [3.05, 3.63) is 81.0 Å². The van der Waals surface area contributed by atoms with Crippen LogP contribution in [0.2, 0.25) is 0 Å². The highest BCUT2D eigenvalue weighted by Gasteiger charge is 2.17. The zero-order valence-corrected chi connectivity index (χ0v) is 18.0. The Balaban J connectivity index is 1.53. The second-order valence-electron chi connectivity index (χ2n) is 7.06. The van der Waals surface area contributed by atoms with Crippen molar-refractivity contribution in [2.45, 2.75) is 39.9 Å². The summed E-state index contributed by atoms with van der Waals surface area (Å²) in [6.07, 6.45) is 4.32. The molecule has 0 spiro atoms. The van der Waals surface area contributed by atoms with Crippen LogP contribution < -0.4 is 5.32 Å². The van der Waals surface area contributed by atoms with Gasteiger partial charge >= 0.3 is 0 Å². The third kappa shape index (κ3) is 5.40. The summed E-state index contributed by atoms with van der Waals surface area (Å²) >= 11 is 3.66. The number of fused-ring (bicyclic) bond motifs is 1. The first-order chi connectivity index (χ1) is 13.6. The molecule has 0 radical (unpaired) electrons. The minimum Gasteiger partial charge on any atom is -0.348 e. The van der Waals surface area contributed by atoms with Gasteiger partial charge in [0.15, 0.2) is 0 Å². The number of halogens is 1. The first kappa shape index (κ1) is 20.5. The molecule has 1 aliphatic rings. The van der Waals surface area contributed by atoms with Gasteiger partial charge in [-0.1, -0.05) is 52.3 Å². The summed E-state index contributed by atoms with van der Waals surface area (Å²) in [5, 5.41) is 2.93. The summed E-state index contributed by atoms with van der Waals surface area (Å²) in [5.41, 5.74) is 5.85. The van der Waals surface area contributed by atoms with Gasteiger partial charge in [-0.3, -0.25) is 14.7 Å². The Morgan fingerprint density at radius 1 is 1.21 bits per heavy atom. The predicted molar refractivity (Wildman–Crippen MR) is 118 cm³/mol. The highest BCUT2D eigenvalue weighted by Crippen LogP contribution is 2.27. The molecule has 0 unspecified atom stereocenters.